The molecule has 102 valence electrons. The van der Waals surface area contributed by atoms with Gasteiger partial charge in [0.05, 0.1) is 17.4 Å². The summed E-state index contributed by atoms with van der Waals surface area (Å²) in [7, 11) is -3.58. The average Bonchev–Trinajstić information content (AvgIpc) is 2.84. The first kappa shape index (κ1) is 13.6. The Morgan fingerprint density at radius 3 is 2.68 bits per heavy atom. The lowest BCUT2D eigenvalue weighted by atomic mass is 10.1. The third-order valence-electron chi connectivity index (χ3n) is 2.98. The van der Waals surface area contributed by atoms with Gasteiger partial charge in [-0.25, -0.2) is 13.1 Å². The third-order valence-corrected chi connectivity index (χ3v) is 4.51. The van der Waals surface area contributed by atoms with Gasteiger partial charge in [-0.2, -0.15) is 0 Å². The highest BCUT2D eigenvalue weighted by Gasteiger charge is 2.18. The van der Waals surface area contributed by atoms with Gasteiger partial charge in [-0.15, -0.1) is 0 Å². The van der Waals surface area contributed by atoms with Crippen molar-refractivity contribution < 1.29 is 12.8 Å². The van der Waals surface area contributed by atoms with Crippen LogP contribution < -0.4 is 10.5 Å². The second-order valence-electron chi connectivity index (χ2n) is 4.42. The van der Waals surface area contributed by atoms with E-state index in [4.69, 9.17) is 10.2 Å². The van der Waals surface area contributed by atoms with Crippen LogP contribution in [-0.2, 0) is 16.6 Å². The largest absolute Gasteiger partial charge is 0.472 e. The van der Waals surface area contributed by atoms with Crippen LogP contribution in [0.3, 0.4) is 0 Å². The maximum Gasteiger partial charge on any atom is 0.241 e. The lowest BCUT2D eigenvalue weighted by Crippen LogP contribution is -2.24. The van der Waals surface area contributed by atoms with E-state index in [2.05, 4.69) is 4.72 Å². The Labute approximate surface area is 112 Å². The number of sulfonamides is 1. The number of furan rings is 1. The minimum atomic E-state index is -3.58. The van der Waals surface area contributed by atoms with Crippen LogP contribution in [-0.4, -0.2) is 8.42 Å². The zero-order valence-corrected chi connectivity index (χ0v) is 11.6. The Kier molecular flexibility index (Phi) is 3.64. The number of anilines is 1. The van der Waals surface area contributed by atoms with Gasteiger partial charge in [-0.05, 0) is 43.2 Å². The number of nitrogen functional groups attached to an aromatic ring is 1. The van der Waals surface area contributed by atoms with Crippen LogP contribution in [0.2, 0.25) is 0 Å². The summed E-state index contributed by atoms with van der Waals surface area (Å²) in [5, 5.41) is 0. The molecule has 0 atom stereocenters. The summed E-state index contributed by atoms with van der Waals surface area (Å²) >= 11 is 0. The van der Waals surface area contributed by atoms with Gasteiger partial charge in [0.1, 0.15) is 0 Å². The fourth-order valence-electron chi connectivity index (χ4n) is 1.78. The molecule has 0 radical (unpaired) electrons. The van der Waals surface area contributed by atoms with Crippen LogP contribution in [0.15, 0.2) is 40.0 Å². The quantitative estimate of drug-likeness (QED) is 0.838. The highest BCUT2D eigenvalue weighted by atomic mass is 32.2. The second kappa shape index (κ2) is 5.07. The average molecular weight is 280 g/mol. The first-order valence-corrected chi connectivity index (χ1v) is 7.26. The van der Waals surface area contributed by atoms with E-state index in [9.17, 15) is 8.42 Å². The van der Waals surface area contributed by atoms with E-state index < -0.39 is 10.0 Å². The molecule has 19 heavy (non-hydrogen) atoms. The van der Waals surface area contributed by atoms with E-state index >= 15 is 0 Å². The molecular formula is C13H16N2O3S. The monoisotopic (exact) mass is 280 g/mol. The molecule has 0 saturated carbocycles. The van der Waals surface area contributed by atoms with Crippen molar-refractivity contribution in [3.8, 4) is 0 Å². The van der Waals surface area contributed by atoms with E-state index in [-0.39, 0.29) is 11.4 Å². The van der Waals surface area contributed by atoms with E-state index in [0.717, 1.165) is 11.1 Å². The van der Waals surface area contributed by atoms with Crippen LogP contribution >= 0.6 is 0 Å². The normalized spacial score (nSPS) is 11.7. The summed E-state index contributed by atoms with van der Waals surface area (Å²) < 4.78 is 31.9. The van der Waals surface area contributed by atoms with Crippen molar-refractivity contribution in [2.24, 2.45) is 0 Å². The zero-order chi connectivity index (χ0) is 14.0. The molecule has 0 amide bonds. The standard InChI is InChI=1S/C13H16N2O3S/c1-9-5-12(14)6-13(10(9)2)19(16,17)15-7-11-3-4-18-8-11/h3-6,8,15H,7,14H2,1-2H3. The number of rotatable bonds is 4. The first-order chi connectivity index (χ1) is 8.90. The van der Waals surface area contributed by atoms with Gasteiger partial charge in [-0.1, -0.05) is 0 Å². The summed E-state index contributed by atoms with van der Waals surface area (Å²) in [5.74, 6) is 0. The Bertz CT molecular complexity index is 676. The molecule has 0 unspecified atom stereocenters. The maximum absolute atomic E-state index is 12.3. The number of nitrogens with one attached hydrogen (secondary N) is 1. The van der Waals surface area contributed by atoms with Crippen molar-refractivity contribution in [2.45, 2.75) is 25.3 Å². The molecule has 0 fully saturated rings. The highest BCUT2D eigenvalue weighted by Crippen LogP contribution is 2.22. The first-order valence-electron chi connectivity index (χ1n) is 5.77. The summed E-state index contributed by atoms with van der Waals surface area (Å²) in [4.78, 5) is 0.216. The van der Waals surface area contributed by atoms with Gasteiger partial charge in [0, 0.05) is 17.8 Å². The minimum Gasteiger partial charge on any atom is -0.472 e. The van der Waals surface area contributed by atoms with Crippen molar-refractivity contribution in [2.75, 3.05) is 5.73 Å². The number of aryl methyl sites for hydroxylation is 1. The molecule has 0 aliphatic heterocycles. The Hall–Kier alpha value is -1.79. The molecule has 0 saturated heterocycles. The fourth-order valence-corrected chi connectivity index (χ4v) is 3.15. The minimum absolute atomic E-state index is 0.187. The number of hydrogen-bond acceptors (Lipinski definition) is 4. The van der Waals surface area contributed by atoms with Crippen molar-refractivity contribution >= 4 is 15.7 Å². The van der Waals surface area contributed by atoms with E-state index in [0.29, 0.717) is 11.3 Å². The SMILES string of the molecule is Cc1cc(N)cc(S(=O)(=O)NCc2ccoc2)c1C. The molecule has 0 bridgehead atoms. The predicted molar refractivity (Wildman–Crippen MR) is 73.1 cm³/mol. The molecule has 0 spiro atoms. The molecule has 0 aliphatic rings. The zero-order valence-electron chi connectivity index (χ0n) is 10.8. The van der Waals surface area contributed by atoms with E-state index in [1.54, 1.807) is 19.1 Å². The lowest BCUT2D eigenvalue weighted by Gasteiger charge is -2.11. The predicted octanol–water partition coefficient (Wildman–Crippen LogP) is 1.96. The van der Waals surface area contributed by atoms with Gasteiger partial charge in [0.2, 0.25) is 10.0 Å². The smallest absolute Gasteiger partial charge is 0.241 e. The topological polar surface area (TPSA) is 85.3 Å². The van der Waals surface area contributed by atoms with Crippen LogP contribution in [0.1, 0.15) is 16.7 Å². The molecule has 5 nitrogen and oxygen atoms in total. The highest BCUT2D eigenvalue weighted by molar-refractivity contribution is 7.89. The van der Waals surface area contributed by atoms with E-state index in [1.165, 1.54) is 18.6 Å². The molecule has 2 aromatic rings. The number of benzene rings is 1. The summed E-state index contributed by atoms with van der Waals surface area (Å²) in [6.45, 7) is 3.79. The van der Waals surface area contributed by atoms with Crippen LogP contribution in [0.4, 0.5) is 5.69 Å². The Balaban J connectivity index is 2.29. The molecule has 0 aliphatic carbocycles. The van der Waals surface area contributed by atoms with Gasteiger partial charge < -0.3 is 10.2 Å². The summed E-state index contributed by atoms with van der Waals surface area (Å²) in [6.07, 6.45) is 3.00. The number of hydrogen-bond donors (Lipinski definition) is 2. The fraction of sp³-hybridized carbons (Fsp3) is 0.231. The summed E-state index contributed by atoms with van der Waals surface area (Å²) in [5.41, 5.74) is 8.46. The molecule has 6 heteroatoms. The van der Waals surface area contributed by atoms with Gasteiger partial charge in [-0.3, -0.25) is 0 Å². The van der Waals surface area contributed by atoms with Gasteiger partial charge >= 0.3 is 0 Å². The van der Waals surface area contributed by atoms with Gasteiger partial charge in [0.25, 0.3) is 0 Å². The summed E-state index contributed by atoms with van der Waals surface area (Å²) in [6, 6.07) is 4.93. The molecule has 1 aromatic heterocycles. The second-order valence-corrected chi connectivity index (χ2v) is 6.15. The Morgan fingerprint density at radius 2 is 2.05 bits per heavy atom. The molecule has 1 aromatic carbocycles. The molecular weight excluding hydrogens is 264 g/mol. The van der Waals surface area contributed by atoms with Crippen LogP contribution in [0, 0.1) is 13.8 Å². The molecule has 1 heterocycles. The van der Waals surface area contributed by atoms with Crippen molar-refractivity contribution in [1.82, 2.24) is 4.72 Å². The third kappa shape index (κ3) is 2.97. The maximum atomic E-state index is 12.3. The van der Waals surface area contributed by atoms with Crippen molar-refractivity contribution in [1.29, 1.82) is 0 Å². The lowest BCUT2D eigenvalue weighted by molar-refractivity contribution is 0.561. The molecule has 3 N–H and O–H groups in total. The molecule has 2 rings (SSSR count). The van der Waals surface area contributed by atoms with Gasteiger partial charge in [0.15, 0.2) is 0 Å². The number of nitrogens with two attached hydrogens (primary N) is 1. The van der Waals surface area contributed by atoms with Crippen LogP contribution in [0.5, 0.6) is 0 Å². The Morgan fingerprint density at radius 1 is 1.32 bits per heavy atom. The van der Waals surface area contributed by atoms with Crippen molar-refractivity contribution in [3.63, 3.8) is 0 Å². The van der Waals surface area contributed by atoms with E-state index in [1.807, 2.05) is 6.92 Å². The van der Waals surface area contributed by atoms with Crippen LogP contribution in [0.25, 0.3) is 0 Å². The van der Waals surface area contributed by atoms with Crippen molar-refractivity contribution in [3.05, 3.63) is 47.4 Å².